The Labute approximate surface area is 126 Å². The maximum atomic E-state index is 13.2. The summed E-state index contributed by atoms with van der Waals surface area (Å²) in [5, 5.41) is 0. The highest BCUT2D eigenvalue weighted by molar-refractivity contribution is 7.84. The van der Waals surface area contributed by atoms with E-state index in [0.29, 0.717) is 37.2 Å². The lowest BCUT2D eigenvalue weighted by molar-refractivity contribution is 0.288. The van der Waals surface area contributed by atoms with Crippen molar-refractivity contribution in [3.05, 3.63) is 0 Å². The zero-order valence-corrected chi connectivity index (χ0v) is 14.0. The monoisotopic (exact) mass is 310 g/mol. The van der Waals surface area contributed by atoms with Crippen molar-refractivity contribution >= 4 is 10.8 Å². The number of rotatable bonds is 14. The lowest BCUT2D eigenvalue weighted by Crippen LogP contribution is -2.06. The summed E-state index contributed by atoms with van der Waals surface area (Å²) in [4.78, 5) is 0. The molecule has 0 radical (unpaired) electrons. The Balaban J connectivity index is 3.37. The van der Waals surface area contributed by atoms with E-state index in [1.165, 1.54) is 0 Å². The van der Waals surface area contributed by atoms with Gasteiger partial charge in [0, 0.05) is 22.3 Å². The van der Waals surface area contributed by atoms with Crippen LogP contribution in [0.2, 0.25) is 0 Å². The zero-order chi connectivity index (χ0) is 15.2. The highest BCUT2D eigenvalue weighted by atomic mass is 32.2. The molecule has 0 aromatic heterocycles. The van der Waals surface area contributed by atoms with E-state index in [2.05, 4.69) is 0 Å². The minimum Gasteiger partial charge on any atom is -0.260 e. The van der Waals surface area contributed by atoms with Crippen molar-refractivity contribution in [1.82, 2.24) is 0 Å². The third kappa shape index (κ3) is 13.0. The summed E-state index contributed by atoms with van der Waals surface area (Å²) < 4.78 is 38.1. The fraction of sp³-hybridized carbons (Fsp3) is 1.00. The molecule has 122 valence electrons. The Morgan fingerprint density at radius 3 is 1.50 bits per heavy atom. The smallest absolute Gasteiger partial charge is 0.100 e. The molecular formula is C16H32F2OS. The highest BCUT2D eigenvalue weighted by Crippen LogP contribution is 2.12. The second-order valence-corrected chi connectivity index (χ2v) is 7.31. The van der Waals surface area contributed by atoms with Crippen LogP contribution in [0.1, 0.15) is 78.1 Å². The molecule has 0 amide bonds. The quantitative estimate of drug-likeness (QED) is 0.395. The van der Waals surface area contributed by atoms with Gasteiger partial charge in [-0.1, -0.05) is 26.7 Å². The lowest BCUT2D eigenvalue weighted by Gasteiger charge is -2.07. The molecule has 1 nitrogen and oxygen atoms in total. The number of hydrogen-bond acceptors (Lipinski definition) is 1. The highest BCUT2D eigenvalue weighted by Gasteiger charge is 2.07. The molecule has 2 unspecified atom stereocenters. The predicted octanol–water partition coefficient (Wildman–Crippen LogP) is 5.35. The molecule has 0 spiro atoms. The summed E-state index contributed by atoms with van der Waals surface area (Å²) in [7, 11) is -0.802. The summed E-state index contributed by atoms with van der Waals surface area (Å²) in [5.41, 5.74) is 0. The Hall–Kier alpha value is 0.01000. The van der Waals surface area contributed by atoms with Gasteiger partial charge in [-0.3, -0.25) is 4.21 Å². The molecular weight excluding hydrogens is 278 g/mol. The van der Waals surface area contributed by atoms with Crippen molar-refractivity contribution < 1.29 is 13.0 Å². The van der Waals surface area contributed by atoms with Gasteiger partial charge in [-0.2, -0.15) is 0 Å². The summed E-state index contributed by atoms with van der Waals surface area (Å²) in [6.45, 7) is 3.98. The van der Waals surface area contributed by atoms with Gasteiger partial charge in [0.15, 0.2) is 0 Å². The Morgan fingerprint density at radius 2 is 1.15 bits per heavy atom. The van der Waals surface area contributed by atoms with Crippen LogP contribution in [0.3, 0.4) is 0 Å². The molecule has 0 aliphatic heterocycles. The van der Waals surface area contributed by atoms with Crippen LogP contribution in [-0.2, 0) is 10.8 Å². The molecule has 2 atom stereocenters. The number of alkyl halides is 2. The maximum absolute atomic E-state index is 13.2. The molecule has 0 aromatic carbocycles. The first kappa shape index (κ1) is 20.0. The van der Waals surface area contributed by atoms with E-state index in [0.717, 1.165) is 38.5 Å². The Morgan fingerprint density at radius 1 is 0.750 bits per heavy atom. The van der Waals surface area contributed by atoms with Gasteiger partial charge in [0.05, 0.1) is 0 Å². The van der Waals surface area contributed by atoms with E-state index >= 15 is 0 Å². The van der Waals surface area contributed by atoms with Gasteiger partial charge in [0.25, 0.3) is 0 Å². The number of halogens is 2. The van der Waals surface area contributed by atoms with Crippen LogP contribution >= 0.6 is 0 Å². The van der Waals surface area contributed by atoms with Crippen LogP contribution < -0.4 is 0 Å². The van der Waals surface area contributed by atoms with Gasteiger partial charge in [-0.05, 0) is 51.4 Å². The van der Waals surface area contributed by atoms with Crippen LogP contribution in [0, 0.1) is 0 Å². The average Bonchev–Trinajstić information content (AvgIpc) is 2.40. The molecule has 20 heavy (non-hydrogen) atoms. The first-order valence-electron chi connectivity index (χ1n) is 8.23. The molecule has 0 aliphatic rings. The van der Waals surface area contributed by atoms with E-state index < -0.39 is 23.1 Å². The molecule has 0 heterocycles. The zero-order valence-electron chi connectivity index (χ0n) is 13.2. The number of hydrogen-bond donors (Lipinski definition) is 0. The van der Waals surface area contributed by atoms with Crippen molar-refractivity contribution in [2.45, 2.75) is 90.4 Å². The van der Waals surface area contributed by atoms with E-state index in [4.69, 9.17) is 0 Å². The topological polar surface area (TPSA) is 17.1 Å². The average molecular weight is 310 g/mol. The Bertz CT molecular complexity index is 215. The molecule has 4 heteroatoms. The first-order valence-corrected chi connectivity index (χ1v) is 9.72. The lowest BCUT2D eigenvalue weighted by atomic mass is 10.1. The number of unbranched alkanes of at least 4 members (excludes halogenated alkanes) is 2. The van der Waals surface area contributed by atoms with E-state index in [1.54, 1.807) is 0 Å². The molecule has 0 aliphatic carbocycles. The normalized spacial score (nSPS) is 16.0. The minimum atomic E-state index is -0.802. The molecule has 0 bridgehead atoms. The van der Waals surface area contributed by atoms with Crippen LogP contribution in [0.5, 0.6) is 0 Å². The molecule has 0 saturated heterocycles. The molecule has 0 saturated carbocycles. The molecule has 0 fully saturated rings. The molecule has 0 aromatic rings. The predicted molar refractivity (Wildman–Crippen MR) is 85.2 cm³/mol. The van der Waals surface area contributed by atoms with Crippen molar-refractivity contribution in [3.8, 4) is 0 Å². The van der Waals surface area contributed by atoms with Gasteiger partial charge in [0.2, 0.25) is 0 Å². The second-order valence-electron chi connectivity index (χ2n) is 5.61. The minimum absolute atomic E-state index is 0.603. The van der Waals surface area contributed by atoms with Gasteiger partial charge in [-0.25, -0.2) is 8.78 Å². The third-order valence-electron chi connectivity index (χ3n) is 3.48. The van der Waals surface area contributed by atoms with Crippen LogP contribution in [0.25, 0.3) is 0 Å². The van der Waals surface area contributed by atoms with Crippen LogP contribution in [-0.4, -0.2) is 28.1 Å². The van der Waals surface area contributed by atoms with Crippen molar-refractivity contribution in [1.29, 1.82) is 0 Å². The summed E-state index contributed by atoms with van der Waals surface area (Å²) >= 11 is 0. The largest absolute Gasteiger partial charge is 0.260 e. The van der Waals surface area contributed by atoms with E-state index in [-0.39, 0.29) is 0 Å². The van der Waals surface area contributed by atoms with Gasteiger partial charge in [0.1, 0.15) is 12.3 Å². The van der Waals surface area contributed by atoms with Crippen molar-refractivity contribution in [2.24, 2.45) is 0 Å². The van der Waals surface area contributed by atoms with Gasteiger partial charge >= 0.3 is 0 Å². The van der Waals surface area contributed by atoms with Crippen LogP contribution in [0.15, 0.2) is 0 Å². The second kappa shape index (κ2) is 14.0. The SMILES string of the molecule is CCCC(F)CCCCS(=O)CCCCC(F)CCC. The Kier molecular flexibility index (Phi) is 14.0. The van der Waals surface area contributed by atoms with Crippen molar-refractivity contribution in [2.75, 3.05) is 11.5 Å². The van der Waals surface area contributed by atoms with E-state index in [1.807, 2.05) is 13.8 Å². The standard InChI is InChI=1S/C16H32F2OS/c1-3-9-15(17)11-5-7-13-20(19)14-8-6-12-16(18)10-4-2/h15-16H,3-14H2,1-2H3. The molecule has 0 N–H and O–H groups in total. The van der Waals surface area contributed by atoms with E-state index in [9.17, 15) is 13.0 Å². The fourth-order valence-corrected chi connectivity index (χ4v) is 3.53. The first-order chi connectivity index (χ1) is 9.60. The van der Waals surface area contributed by atoms with Crippen molar-refractivity contribution in [3.63, 3.8) is 0 Å². The van der Waals surface area contributed by atoms with Gasteiger partial charge in [-0.15, -0.1) is 0 Å². The maximum Gasteiger partial charge on any atom is 0.100 e. The third-order valence-corrected chi connectivity index (χ3v) is 4.97. The van der Waals surface area contributed by atoms with Gasteiger partial charge < -0.3 is 0 Å². The summed E-state index contributed by atoms with van der Waals surface area (Å²) in [5.74, 6) is 1.35. The molecule has 0 rings (SSSR count). The summed E-state index contributed by atoms with van der Waals surface area (Å²) in [6, 6.07) is 0. The summed E-state index contributed by atoms with van der Waals surface area (Å²) in [6.07, 6.45) is 6.25. The van der Waals surface area contributed by atoms with Crippen LogP contribution in [0.4, 0.5) is 8.78 Å². The fourth-order valence-electron chi connectivity index (χ4n) is 2.27.